The molecule has 1 aliphatic rings. The van der Waals surface area contributed by atoms with Crippen LogP contribution in [0.1, 0.15) is 34.8 Å². The number of alkyl halides is 3. The van der Waals surface area contributed by atoms with Crippen molar-refractivity contribution in [2.75, 3.05) is 24.1 Å². The Hall–Kier alpha value is -3.99. The van der Waals surface area contributed by atoms with Gasteiger partial charge in [0, 0.05) is 16.8 Å². The second kappa shape index (κ2) is 8.99. The third-order valence-electron chi connectivity index (χ3n) is 6.06. The fourth-order valence-electron chi connectivity index (χ4n) is 4.23. The Morgan fingerprint density at radius 3 is 2.37 bits per heavy atom. The fraction of sp³-hybridized carbons (Fsp3) is 0.250. The number of nitrogen functional groups attached to an aromatic ring is 1. The number of anilines is 2. The maximum absolute atomic E-state index is 12.7. The lowest BCUT2D eigenvalue weighted by molar-refractivity contribution is -0.137. The molecule has 0 radical (unpaired) electrons. The molecule has 1 fully saturated rings. The van der Waals surface area contributed by atoms with E-state index in [4.69, 9.17) is 10.8 Å². The zero-order valence-corrected chi connectivity index (χ0v) is 18.5. The smallest absolute Gasteiger partial charge is 0.383 e. The van der Waals surface area contributed by atoms with Gasteiger partial charge in [-0.3, -0.25) is 4.79 Å². The van der Waals surface area contributed by atoms with Crippen molar-refractivity contribution in [1.82, 2.24) is 25.1 Å². The maximum atomic E-state index is 12.7. The average molecular weight is 481 g/mol. The number of piperidine rings is 1. The Bertz CT molecular complexity index is 1360. The van der Waals surface area contributed by atoms with Gasteiger partial charge < -0.3 is 16.4 Å². The molecule has 2 aromatic heterocycles. The molecule has 0 unspecified atom stereocenters. The highest BCUT2D eigenvalue weighted by atomic mass is 19.4. The van der Waals surface area contributed by atoms with Crippen LogP contribution in [0.4, 0.5) is 24.7 Å². The molecule has 4 aromatic rings. The van der Waals surface area contributed by atoms with Crippen LogP contribution in [-0.2, 0) is 6.18 Å². The zero-order chi connectivity index (χ0) is 24.6. The van der Waals surface area contributed by atoms with Crippen LogP contribution in [0.5, 0.6) is 0 Å². The number of amides is 1. The average Bonchev–Trinajstić information content (AvgIpc) is 3.26. The highest BCUT2D eigenvalue weighted by Gasteiger charge is 2.30. The summed E-state index contributed by atoms with van der Waals surface area (Å²) in [5.74, 6) is -0.172. The normalized spacial score (nSPS) is 14.8. The van der Waals surface area contributed by atoms with Gasteiger partial charge in [0.25, 0.3) is 5.91 Å². The lowest BCUT2D eigenvalue weighted by Gasteiger charge is -2.23. The Morgan fingerprint density at radius 2 is 1.71 bits per heavy atom. The predicted octanol–water partition coefficient (Wildman–Crippen LogP) is 4.27. The monoisotopic (exact) mass is 481 g/mol. The van der Waals surface area contributed by atoms with Gasteiger partial charge >= 0.3 is 6.18 Å². The second-order valence-electron chi connectivity index (χ2n) is 8.34. The topological polar surface area (TPSA) is 111 Å². The molecule has 2 aromatic carbocycles. The van der Waals surface area contributed by atoms with Crippen molar-refractivity contribution in [3.63, 3.8) is 0 Å². The van der Waals surface area contributed by atoms with Gasteiger partial charge in [0.2, 0.25) is 0 Å². The summed E-state index contributed by atoms with van der Waals surface area (Å²) in [6.45, 7) is 1.80. The van der Waals surface area contributed by atoms with Gasteiger partial charge in [-0.2, -0.15) is 18.3 Å². The van der Waals surface area contributed by atoms with Crippen molar-refractivity contribution in [3.05, 3.63) is 66.0 Å². The lowest BCUT2D eigenvalue weighted by atomic mass is 10.1. The molecule has 3 heterocycles. The number of halogens is 3. The van der Waals surface area contributed by atoms with Crippen LogP contribution in [0.15, 0.2) is 54.9 Å². The van der Waals surface area contributed by atoms with Crippen molar-refractivity contribution in [2.45, 2.75) is 25.1 Å². The van der Waals surface area contributed by atoms with E-state index in [-0.39, 0.29) is 11.6 Å². The summed E-state index contributed by atoms with van der Waals surface area (Å²) >= 11 is 0. The minimum Gasteiger partial charge on any atom is -0.383 e. The molecule has 35 heavy (non-hydrogen) atoms. The van der Waals surface area contributed by atoms with Gasteiger partial charge in [0.05, 0.1) is 17.0 Å². The van der Waals surface area contributed by atoms with Crippen LogP contribution in [0.3, 0.4) is 0 Å². The van der Waals surface area contributed by atoms with E-state index in [2.05, 4.69) is 20.6 Å². The van der Waals surface area contributed by atoms with E-state index in [0.29, 0.717) is 28.2 Å². The number of aromatic nitrogens is 4. The van der Waals surface area contributed by atoms with Crippen LogP contribution >= 0.6 is 0 Å². The van der Waals surface area contributed by atoms with E-state index in [9.17, 15) is 18.0 Å². The molecule has 0 saturated carbocycles. The number of nitrogens with zero attached hydrogens (tertiary/aromatic N) is 4. The summed E-state index contributed by atoms with van der Waals surface area (Å²) in [5, 5.41) is 11.6. The molecule has 5 rings (SSSR count). The zero-order valence-electron chi connectivity index (χ0n) is 18.5. The van der Waals surface area contributed by atoms with Crippen LogP contribution < -0.4 is 16.4 Å². The van der Waals surface area contributed by atoms with Crippen molar-refractivity contribution in [3.8, 4) is 11.3 Å². The standard InChI is InChI=1S/C24H22F3N7O/c25-24(26,27)16-5-1-15(2-6-16)23(35)32-17-7-3-14(4-8-17)20-19-21(28)30-13-31-22(19)34(33-20)18-9-11-29-12-10-18/h1-8,13,18,29H,9-12H2,(H,32,35)(H2,28,30,31). The minimum absolute atomic E-state index is 0.124. The van der Waals surface area contributed by atoms with Gasteiger partial charge in [-0.05, 0) is 62.3 Å². The molecule has 11 heteroatoms. The molecule has 8 nitrogen and oxygen atoms in total. The summed E-state index contributed by atoms with van der Waals surface area (Å²) in [6, 6.07) is 11.3. The van der Waals surface area contributed by atoms with Crippen LogP contribution in [0, 0.1) is 0 Å². The summed E-state index contributed by atoms with van der Waals surface area (Å²) in [5.41, 5.74) is 8.10. The number of nitrogens with one attached hydrogen (secondary N) is 2. The first-order valence-corrected chi connectivity index (χ1v) is 11.1. The maximum Gasteiger partial charge on any atom is 0.416 e. The number of hydrogen-bond acceptors (Lipinski definition) is 6. The molecular formula is C24H22F3N7O. The number of carbonyl (C=O) groups excluding carboxylic acids is 1. The SMILES string of the molecule is Nc1ncnc2c1c(-c1ccc(NC(=O)c3ccc(C(F)(F)F)cc3)cc1)nn2C1CCNCC1. The molecule has 0 aliphatic carbocycles. The summed E-state index contributed by atoms with van der Waals surface area (Å²) in [4.78, 5) is 21.1. The van der Waals surface area contributed by atoms with Gasteiger partial charge in [-0.15, -0.1) is 0 Å². The van der Waals surface area contributed by atoms with Gasteiger partial charge in [0.1, 0.15) is 17.8 Å². The number of nitrogens with two attached hydrogens (primary N) is 1. The highest BCUT2D eigenvalue weighted by Crippen LogP contribution is 2.34. The largest absolute Gasteiger partial charge is 0.416 e. The molecule has 180 valence electrons. The van der Waals surface area contributed by atoms with Gasteiger partial charge in [-0.1, -0.05) is 12.1 Å². The number of carbonyl (C=O) groups is 1. The predicted molar refractivity (Wildman–Crippen MR) is 126 cm³/mol. The van der Waals surface area contributed by atoms with Crippen LogP contribution in [0.25, 0.3) is 22.3 Å². The van der Waals surface area contributed by atoms with Crippen LogP contribution in [0.2, 0.25) is 0 Å². The summed E-state index contributed by atoms with van der Waals surface area (Å²) < 4.78 is 40.2. The molecule has 0 atom stereocenters. The van der Waals surface area contributed by atoms with Gasteiger partial charge in [0.15, 0.2) is 5.65 Å². The quantitative estimate of drug-likeness (QED) is 0.402. The van der Waals surface area contributed by atoms with E-state index in [1.807, 2.05) is 4.68 Å². The molecular weight excluding hydrogens is 459 g/mol. The van der Waals surface area contributed by atoms with E-state index >= 15 is 0 Å². The molecule has 1 amide bonds. The molecule has 4 N–H and O–H groups in total. The molecule has 0 spiro atoms. The third-order valence-corrected chi connectivity index (χ3v) is 6.06. The second-order valence-corrected chi connectivity index (χ2v) is 8.34. The number of rotatable bonds is 4. The fourth-order valence-corrected chi connectivity index (χ4v) is 4.23. The Balaban J connectivity index is 1.40. The lowest BCUT2D eigenvalue weighted by Crippen LogP contribution is -2.30. The Labute approximate surface area is 198 Å². The first-order chi connectivity index (χ1) is 16.8. The number of fused-ring (bicyclic) bond motifs is 1. The van der Waals surface area contributed by atoms with Crippen LogP contribution in [-0.4, -0.2) is 38.7 Å². The molecule has 0 bridgehead atoms. The van der Waals surface area contributed by atoms with Gasteiger partial charge in [-0.25, -0.2) is 14.6 Å². The Morgan fingerprint density at radius 1 is 1.03 bits per heavy atom. The minimum atomic E-state index is -4.45. The Kier molecular flexibility index (Phi) is 5.85. The summed E-state index contributed by atoms with van der Waals surface area (Å²) in [7, 11) is 0. The van der Waals surface area contributed by atoms with Crippen molar-refractivity contribution in [2.24, 2.45) is 0 Å². The first kappa shape index (κ1) is 22.8. The number of hydrogen-bond donors (Lipinski definition) is 3. The molecule has 1 saturated heterocycles. The third kappa shape index (κ3) is 4.54. The van der Waals surface area contributed by atoms with E-state index in [1.165, 1.54) is 6.33 Å². The van der Waals surface area contributed by atoms with E-state index in [0.717, 1.165) is 55.8 Å². The molecule has 1 aliphatic heterocycles. The highest BCUT2D eigenvalue weighted by molar-refractivity contribution is 6.04. The number of benzene rings is 2. The van der Waals surface area contributed by atoms with E-state index in [1.54, 1.807) is 24.3 Å². The van der Waals surface area contributed by atoms with E-state index < -0.39 is 17.6 Å². The first-order valence-electron chi connectivity index (χ1n) is 11.1. The van der Waals surface area contributed by atoms with Crippen molar-refractivity contribution in [1.29, 1.82) is 0 Å². The van der Waals surface area contributed by atoms with Crippen molar-refractivity contribution >= 4 is 28.4 Å². The van der Waals surface area contributed by atoms with Crippen molar-refractivity contribution < 1.29 is 18.0 Å². The summed E-state index contributed by atoms with van der Waals surface area (Å²) in [6.07, 6.45) is -1.17.